The fourth-order valence-corrected chi connectivity index (χ4v) is 17.3. The minimum absolute atomic E-state index is 0. The normalized spacial score (nSPS) is 12.5. The molecular formula is C79H111F2N6O13PS2Si2. The number of methoxy groups -OCH3 is 2. The van der Waals surface area contributed by atoms with E-state index in [2.05, 4.69) is 111 Å². The van der Waals surface area contributed by atoms with Gasteiger partial charge in [0.25, 0.3) is 0 Å². The minimum atomic E-state index is -3.67. The van der Waals surface area contributed by atoms with Crippen molar-refractivity contribution in [2.24, 2.45) is 0 Å². The van der Waals surface area contributed by atoms with Crippen LogP contribution in [0.25, 0.3) is 28.6 Å². The van der Waals surface area contributed by atoms with E-state index in [1.807, 2.05) is 101 Å². The van der Waals surface area contributed by atoms with Gasteiger partial charge in [0.2, 0.25) is 31.9 Å². The van der Waals surface area contributed by atoms with Crippen LogP contribution in [0.4, 0.5) is 20.7 Å². The third kappa shape index (κ3) is 25.6. The maximum Gasteiger partial charge on any atom is 0.308 e. The molecule has 0 saturated carbocycles. The first kappa shape index (κ1) is 93.0. The number of sulfonamides is 2. The molecule has 0 N–H and O–H groups in total. The van der Waals surface area contributed by atoms with E-state index in [9.17, 15) is 49.6 Å². The lowest BCUT2D eigenvalue weighted by Crippen LogP contribution is -2.45. The van der Waals surface area contributed by atoms with Crippen LogP contribution in [0.5, 0.6) is 0 Å². The van der Waals surface area contributed by atoms with Gasteiger partial charge < -0.3 is 18.3 Å². The number of anilines is 2. The van der Waals surface area contributed by atoms with Crippen molar-refractivity contribution in [1.82, 2.24) is 19.9 Å². The lowest BCUT2D eigenvalue weighted by Gasteiger charge is -2.39. The summed E-state index contributed by atoms with van der Waals surface area (Å²) in [5.74, 6) is -0.460. The zero-order valence-electron chi connectivity index (χ0n) is 62.2. The van der Waals surface area contributed by atoms with Crippen LogP contribution < -0.4 is 24.5 Å². The van der Waals surface area contributed by atoms with Gasteiger partial charge in [-0.3, -0.25) is 24.0 Å². The molecule has 0 aliphatic rings. The highest BCUT2D eigenvalue weighted by Crippen LogP contribution is 2.45. The SMILES string of the molecule is C.C.C.CC(C)c1nc(N(C)S(C)(=O)=O)nc(-c2ccc(F)cc2)c1C=O.COC(=O)C[C@H](CC(=O)/C=C/c1c(-c2ccc(F)cc2)nc(N(C)S(C)(=O)=O)nc1C(C)C)O[Si](C)(C)C(C)(C)C.COC(=O)C[C@H](CC(=O)C=P(c1ccccc1)(c1ccccc1)c1ccccc1)O[Si](C)(C)C(C)(C)C. The molecular weight excluding hydrogens is 1430 g/mol. The van der Waals surface area contributed by atoms with E-state index >= 15 is 0 Å². The molecule has 2 aromatic heterocycles. The zero-order chi connectivity index (χ0) is 76.5. The van der Waals surface area contributed by atoms with Crippen molar-refractivity contribution in [2.45, 2.75) is 178 Å². The van der Waals surface area contributed by atoms with E-state index in [1.165, 1.54) is 82.9 Å². The second-order valence-corrected chi connectivity index (χ2v) is 45.1. The van der Waals surface area contributed by atoms with Crippen molar-refractivity contribution in [3.8, 4) is 22.5 Å². The predicted molar refractivity (Wildman–Crippen MR) is 432 cm³/mol. The van der Waals surface area contributed by atoms with Gasteiger partial charge in [-0.15, -0.1) is 0 Å². The Hall–Kier alpha value is -8.04. The maximum absolute atomic E-state index is 13.9. The fraction of sp³-hybridized carbons (Fsp3) is 0.418. The zero-order valence-corrected chi connectivity index (χ0v) is 66.8. The summed E-state index contributed by atoms with van der Waals surface area (Å²) in [5.41, 5.74) is 3.36. The van der Waals surface area contributed by atoms with Gasteiger partial charge >= 0.3 is 11.9 Å². The first-order chi connectivity index (χ1) is 47.4. The van der Waals surface area contributed by atoms with Crippen molar-refractivity contribution in [1.29, 1.82) is 0 Å². The van der Waals surface area contributed by atoms with Gasteiger partial charge in [0.05, 0.1) is 80.1 Å². The second kappa shape index (κ2) is 39.5. The number of ether oxygens (including phenoxy) is 2. The number of carbonyl (C=O) groups is 5. The van der Waals surface area contributed by atoms with Crippen molar-refractivity contribution < 1.29 is 67.9 Å². The van der Waals surface area contributed by atoms with E-state index in [0.29, 0.717) is 40.1 Å². The highest BCUT2D eigenvalue weighted by molar-refractivity contribution is 7.95. The van der Waals surface area contributed by atoms with Crippen LogP contribution >= 0.6 is 6.89 Å². The third-order valence-corrected chi connectivity index (χ3v) is 33.2. The Bertz CT molecular complexity index is 4270. The lowest BCUT2D eigenvalue weighted by molar-refractivity contribution is -0.144. The number of hydrogen-bond acceptors (Lipinski definition) is 17. The summed E-state index contributed by atoms with van der Waals surface area (Å²) in [4.78, 5) is 80.7. The van der Waals surface area contributed by atoms with Crippen LogP contribution in [0.3, 0.4) is 0 Å². The van der Waals surface area contributed by atoms with Gasteiger partial charge in [0, 0.05) is 43.6 Å². The predicted octanol–water partition coefficient (Wildman–Crippen LogP) is 15.9. The second-order valence-electron chi connectivity index (χ2n) is 28.3. The number of Topliss-reactive ketones (excluding diaryl/α,β-unsaturated/α-hetero) is 1. The number of aromatic nitrogens is 4. The Morgan fingerprint density at radius 3 is 1.11 bits per heavy atom. The third-order valence-electron chi connectivity index (χ3n) is 17.8. The van der Waals surface area contributed by atoms with Crippen molar-refractivity contribution in [3.63, 3.8) is 0 Å². The number of hydrogen-bond donors (Lipinski definition) is 0. The molecule has 2 atom stereocenters. The van der Waals surface area contributed by atoms with E-state index < -0.39 is 73.4 Å². The number of benzene rings is 5. The molecule has 0 aliphatic heterocycles. The number of halogens is 2. The van der Waals surface area contributed by atoms with Gasteiger partial charge in [-0.25, -0.2) is 54.2 Å². The molecule has 2 heterocycles. The summed E-state index contributed by atoms with van der Waals surface area (Å²) in [5, 5.41) is 3.14. The maximum atomic E-state index is 13.9. The molecule has 0 bridgehead atoms. The molecule has 105 heavy (non-hydrogen) atoms. The molecule has 19 nitrogen and oxygen atoms in total. The summed E-state index contributed by atoms with van der Waals surface area (Å²) in [7, 11) is -6.41. The first-order valence-corrected chi connectivity index (χ1v) is 44.6. The Morgan fingerprint density at radius 1 is 0.505 bits per heavy atom. The molecule has 0 fully saturated rings. The molecule has 0 unspecified atom stereocenters. The number of allylic oxidation sites excluding steroid dienone is 1. The largest absolute Gasteiger partial charge is 0.469 e. The summed E-state index contributed by atoms with van der Waals surface area (Å²) in [6.07, 6.45) is 4.56. The van der Waals surface area contributed by atoms with E-state index in [4.69, 9.17) is 18.3 Å². The highest BCUT2D eigenvalue weighted by Gasteiger charge is 2.42. The standard InChI is InChI=1S/C31H39O4PSi.C29H42FN3O6SSi.C16H18FN3O3S.3CH4/c1-31(2,3)37(5,6)35-26(23-30(33)34-4)22-25(32)24-36(27-16-10-7-11-17-27,28-18-12-8-13-19-28)29-20-14-9-15-21-29;1-19(2)26-24(16-15-22(34)17-23(18-25(35)38-7)39-41(9,10)29(3,4)5)27(20-11-13-21(30)14-12-20)32-28(31-26)33(6)40(8,36)37;1-10(2)14-13(9-21)15(11-5-7-12(17)8-6-11)19-16(18-14)20(3)24(4,22)23;;;/h7-21,24,26H,22-23H2,1-6H3;11-16,19,23H,17-18H2,1-10H3;5-10H,1-4H3;3*1H4/b;16-15+;;;;/t26-;23-;;;;/m00..../s1. The summed E-state index contributed by atoms with van der Waals surface area (Å²) in [6.45, 7) is 26.1. The van der Waals surface area contributed by atoms with Gasteiger partial charge in [0.1, 0.15) is 11.6 Å². The first-order valence-electron chi connectivity index (χ1n) is 33.2. The molecule has 5 aromatic carbocycles. The van der Waals surface area contributed by atoms with Crippen LogP contribution in [-0.4, -0.2) is 142 Å². The summed E-state index contributed by atoms with van der Waals surface area (Å²) in [6, 6.07) is 41.9. The number of nitrogens with zero attached hydrogens (tertiary/aromatic N) is 6. The van der Waals surface area contributed by atoms with Crippen LogP contribution in [0.1, 0.15) is 156 Å². The molecule has 0 saturated heterocycles. The molecule has 0 aliphatic carbocycles. The topological polar surface area (TPSA) is 249 Å². The minimum Gasteiger partial charge on any atom is -0.469 e. The Balaban J connectivity index is 0.000000544. The number of aldehydes is 1. The highest BCUT2D eigenvalue weighted by atomic mass is 32.2. The van der Waals surface area contributed by atoms with Crippen LogP contribution in [-0.2, 0) is 57.6 Å². The van der Waals surface area contributed by atoms with Gasteiger partial charge in [-0.2, -0.15) is 0 Å². The number of carbonyl (C=O) groups excluding carboxylic acids is 5. The van der Waals surface area contributed by atoms with Crippen LogP contribution in [0, 0.1) is 11.6 Å². The average Bonchev–Trinajstić information content (AvgIpc) is 0.764. The Labute approximate surface area is 626 Å². The van der Waals surface area contributed by atoms with E-state index in [1.54, 1.807) is 6.08 Å². The van der Waals surface area contributed by atoms with Crippen LogP contribution in [0.15, 0.2) is 146 Å². The average molecular weight is 1540 g/mol. The number of rotatable bonds is 27. The molecule has 26 heteroatoms. The molecule has 0 amide bonds. The Kier molecular flexibility index (Phi) is 35.0. The lowest BCUT2D eigenvalue weighted by atomic mass is 9.97. The van der Waals surface area contributed by atoms with Crippen molar-refractivity contribution in [2.75, 3.05) is 49.4 Å². The smallest absolute Gasteiger partial charge is 0.308 e. The summed E-state index contributed by atoms with van der Waals surface area (Å²) < 4.78 is 99.7. The van der Waals surface area contributed by atoms with Gasteiger partial charge in [-0.05, 0) is 137 Å². The fourth-order valence-electron chi connectivity index (χ4n) is 10.0. The quantitative estimate of drug-likeness (QED) is 0.0153. The van der Waals surface area contributed by atoms with Crippen molar-refractivity contribution >= 4 is 113 Å². The van der Waals surface area contributed by atoms with Crippen molar-refractivity contribution in [3.05, 3.63) is 180 Å². The van der Waals surface area contributed by atoms with E-state index in [0.717, 1.165) is 37.0 Å². The molecule has 0 spiro atoms. The van der Waals surface area contributed by atoms with E-state index in [-0.39, 0.29) is 111 Å². The molecule has 7 aromatic rings. The molecule has 574 valence electrons. The number of ketones is 2. The van der Waals surface area contributed by atoms with Crippen LogP contribution in [0.2, 0.25) is 36.3 Å². The summed E-state index contributed by atoms with van der Waals surface area (Å²) >= 11 is 0. The van der Waals surface area contributed by atoms with Gasteiger partial charge in [0.15, 0.2) is 34.5 Å². The Morgan fingerprint density at radius 2 is 0.819 bits per heavy atom. The molecule has 7 rings (SSSR count). The monoisotopic (exact) mass is 1540 g/mol. The number of esters is 2. The molecule has 0 radical (unpaired) electrons. The van der Waals surface area contributed by atoms with Gasteiger partial charge in [-0.1, -0.05) is 183 Å².